The van der Waals surface area contributed by atoms with E-state index < -0.39 is 27.9 Å². The zero-order chi connectivity index (χ0) is 15.6. The van der Waals surface area contributed by atoms with Crippen LogP contribution in [0.4, 0.5) is 4.39 Å². The molecule has 0 radical (unpaired) electrons. The summed E-state index contributed by atoms with van der Waals surface area (Å²) in [4.78, 5) is 10.8. The number of benzene rings is 1. The number of aryl methyl sites for hydroxylation is 1. The van der Waals surface area contributed by atoms with E-state index in [2.05, 4.69) is 0 Å². The average Bonchev–Trinajstić information content (AvgIpc) is 2.41. The summed E-state index contributed by atoms with van der Waals surface area (Å²) in [5, 5.41) is 8.92. The first-order valence-corrected chi connectivity index (χ1v) is 8.26. The summed E-state index contributed by atoms with van der Waals surface area (Å²) in [5.41, 5.74) is 0.370. The molecular weight excluding hydrogens is 297 g/mol. The second-order valence-corrected chi connectivity index (χ2v) is 7.16. The molecule has 1 heterocycles. The fourth-order valence-electron chi connectivity index (χ4n) is 2.57. The minimum atomic E-state index is -3.87. The fourth-order valence-corrected chi connectivity index (χ4v) is 4.27. The molecule has 0 spiro atoms. The second-order valence-electron chi connectivity index (χ2n) is 5.27. The van der Waals surface area contributed by atoms with Crippen LogP contribution in [0.25, 0.3) is 0 Å². The first-order chi connectivity index (χ1) is 9.82. The number of nitrogens with zero attached hydrogens (tertiary/aromatic N) is 1. The standard InChI is InChI=1S/C14H18FNO4S/c1-10-5-6-12(9-13(10)15)21(19,20)16-7-3-2-4-11(16)8-14(17)18/h5-6,9,11H,2-4,7-8H2,1H3,(H,17,18). The van der Waals surface area contributed by atoms with Gasteiger partial charge in [-0.3, -0.25) is 4.79 Å². The van der Waals surface area contributed by atoms with Crippen LogP contribution in [-0.2, 0) is 14.8 Å². The van der Waals surface area contributed by atoms with Gasteiger partial charge in [0, 0.05) is 12.6 Å². The molecule has 7 heteroatoms. The molecule has 116 valence electrons. The molecule has 0 bridgehead atoms. The zero-order valence-electron chi connectivity index (χ0n) is 11.8. The van der Waals surface area contributed by atoms with E-state index in [1.165, 1.54) is 16.4 Å². The highest BCUT2D eigenvalue weighted by Crippen LogP contribution is 2.27. The zero-order valence-corrected chi connectivity index (χ0v) is 12.6. The van der Waals surface area contributed by atoms with Gasteiger partial charge >= 0.3 is 5.97 Å². The minimum absolute atomic E-state index is 0.122. The fraction of sp³-hybridized carbons (Fsp3) is 0.500. The van der Waals surface area contributed by atoms with Crippen LogP contribution in [0.2, 0.25) is 0 Å². The molecule has 1 fully saturated rings. The molecule has 1 aliphatic heterocycles. The van der Waals surface area contributed by atoms with Gasteiger partial charge in [-0.2, -0.15) is 4.31 Å². The van der Waals surface area contributed by atoms with Crippen molar-refractivity contribution in [1.29, 1.82) is 0 Å². The van der Waals surface area contributed by atoms with E-state index in [1.54, 1.807) is 6.92 Å². The maximum Gasteiger partial charge on any atom is 0.304 e. The number of hydrogen-bond donors (Lipinski definition) is 1. The third-order valence-electron chi connectivity index (χ3n) is 3.73. The topological polar surface area (TPSA) is 74.7 Å². The summed E-state index contributed by atoms with van der Waals surface area (Å²) in [6, 6.07) is 3.21. The summed E-state index contributed by atoms with van der Waals surface area (Å²) in [6.07, 6.45) is 1.77. The van der Waals surface area contributed by atoms with Crippen LogP contribution in [0.1, 0.15) is 31.2 Å². The van der Waals surface area contributed by atoms with Crippen molar-refractivity contribution in [2.24, 2.45) is 0 Å². The molecule has 0 aromatic heterocycles. The van der Waals surface area contributed by atoms with E-state index in [0.717, 1.165) is 12.5 Å². The van der Waals surface area contributed by atoms with Gasteiger partial charge in [0.1, 0.15) is 5.82 Å². The highest BCUT2D eigenvalue weighted by molar-refractivity contribution is 7.89. The molecular formula is C14H18FNO4S. The van der Waals surface area contributed by atoms with Crippen molar-refractivity contribution in [3.8, 4) is 0 Å². The Bertz CT molecular complexity index is 644. The third-order valence-corrected chi connectivity index (χ3v) is 5.68. The lowest BCUT2D eigenvalue weighted by atomic mass is 10.0. The molecule has 1 atom stereocenters. The van der Waals surface area contributed by atoms with E-state index in [-0.39, 0.29) is 17.9 Å². The third kappa shape index (κ3) is 3.41. The lowest BCUT2D eigenvalue weighted by molar-refractivity contribution is -0.138. The average molecular weight is 315 g/mol. The van der Waals surface area contributed by atoms with Crippen molar-refractivity contribution in [2.75, 3.05) is 6.54 Å². The van der Waals surface area contributed by atoms with Crippen LogP contribution in [0, 0.1) is 12.7 Å². The first kappa shape index (κ1) is 15.9. The molecule has 21 heavy (non-hydrogen) atoms. The number of rotatable bonds is 4. The van der Waals surface area contributed by atoms with E-state index in [1.807, 2.05) is 0 Å². The maximum absolute atomic E-state index is 13.6. The number of hydrogen-bond acceptors (Lipinski definition) is 3. The molecule has 0 aliphatic carbocycles. The molecule has 1 unspecified atom stereocenters. The van der Waals surface area contributed by atoms with E-state index in [0.29, 0.717) is 18.4 Å². The normalized spacial score (nSPS) is 20.4. The summed E-state index contributed by atoms with van der Waals surface area (Å²) in [7, 11) is -3.87. The molecule has 0 amide bonds. The number of piperidine rings is 1. The van der Waals surface area contributed by atoms with Crippen LogP contribution in [0.3, 0.4) is 0 Å². The Morgan fingerprint density at radius 1 is 1.43 bits per heavy atom. The van der Waals surface area contributed by atoms with E-state index >= 15 is 0 Å². The molecule has 1 aliphatic rings. The number of aliphatic carboxylic acids is 1. The Kier molecular flexibility index (Phi) is 4.63. The van der Waals surface area contributed by atoms with Crippen LogP contribution < -0.4 is 0 Å². The predicted octanol–water partition coefficient (Wildman–Crippen LogP) is 2.15. The van der Waals surface area contributed by atoms with Crippen molar-refractivity contribution in [1.82, 2.24) is 4.31 Å². The number of carboxylic acid groups (broad SMARTS) is 1. The smallest absolute Gasteiger partial charge is 0.304 e. The van der Waals surface area contributed by atoms with Crippen molar-refractivity contribution >= 4 is 16.0 Å². The highest BCUT2D eigenvalue weighted by atomic mass is 32.2. The first-order valence-electron chi connectivity index (χ1n) is 6.82. The van der Waals surface area contributed by atoms with E-state index in [9.17, 15) is 17.6 Å². The Morgan fingerprint density at radius 2 is 2.14 bits per heavy atom. The highest BCUT2D eigenvalue weighted by Gasteiger charge is 2.34. The number of carbonyl (C=O) groups is 1. The van der Waals surface area contributed by atoms with Gasteiger partial charge in [-0.15, -0.1) is 0 Å². The van der Waals surface area contributed by atoms with Gasteiger partial charge in [0.25, 0.3) is 0 Å². The summed E-state index contributed by atoms with van der Waals surface area (Å²) in [5.74, 6) is -1.61. The van der Waals surface area contributed by atoms with Crippen LogP contribution in [0.5, 0.6) is 0 Å². The van der Waals surface area contributed by atoms with Crippen molar-refractivity contribution < 1.29 is 22.7 Å². The van der Waals surface area contributed by atoms with Crippen LogP contribution in [-0.4, -0.2) is 36.4 Å². The Morgan fingerprint density at radius 3 is 2.76 bits per heavy atom. The maximum atomic E-state index is 13.6. The molecule has 5 nitrogen and oxygen atoms in total. The lowest BCUT2D eigenvalue weighted by Crippen LogP contribution is -2.44. The summed E-state index contributed by atoms with van der Waals surface area (Å²) in [6.45, 7) is 1.83. The molecule has 1 saturated heterocycles. The summed E-state index contributed by atoms with van der Waals surface area (Å²) >= 11 is 0. The minimum Gasteiger partial charge on any atom is -0.481 e. The SMILES string of the molecule is Cc1ccc(S(=O)(=O)N2CCCCC2CC(=O)O)cc1F. The number of sulfonamides is 1. The Labute approximate surface area is 123 Å². The number of halogens is 1. The van der Waals surface area contributed by atoms with Crippen LogP contribution >= 0.6 is 0 Å². The Balaban J connectivity index is 2.35. The van der Waals surface area contributed by atoms with E-state index in [4.69, 9.17) is 5.11 Å². The largest absolute Gasteiger partial charge is 0.481 e. The van der Waals surface area contributed by atoms with Gasteiger partial charge in [-0.1, -0.05) is 12.5 Å². The van der Waals surface area contributed by atoms with Gasteiger partial charge in [0.05, 0.1) is 11.3 Å². The molecule has 0 saturated carbocycles. The second kappa shape index (κ2) is 6.11. The monoisotopic (exact) mass is 315 g/mol. The molecule has 1 N–H and O–H groups in total. The molecule has 1 aromatic carbocycles. The van der Waals surface area contributed by atoms with Gasteiger partial charge in [0.2, 0.25) is 10.0 Å². The van der Waals surface area contributed by atoms with Crippen molar-refractivity contribution in [3.05, 3.63) is 29.6 Å². The Hall–Kier alpha value is -1.47. The summed E-state index contributed by atoms with van der Waals surface area (Å²) < 4.78 is 40.0. The van der Waals surface area contributed by atoms with Crippen molar-refractivity contribution in [2.45, 2.75) is 43.5 Å². The lowest BCUT2D eigenvalue weighted by Gasteiger charge is -2.33. The van der Waals surface area contributed by atoms with Gasteiger partial charge in [-0.25, -0.2) is 12.8 Å². The predicted molar refractivity (Wildman–Crippen MR) is 74.9 cm³/mol. The van der Waals surface area contributed by atoms with Gasteiger partial charge in [0.15, 0.2) is 0 Å². The quantitative estimate of drug-likeness (QED) is 0.924. The van der Waals surface area contributed by atoms with Crippen LogP contribution in [0.15, 0.2) is 23.1 Å². The van der Waals surface area contributed by atoms with Gasteiger partial charge in [-0.05, 0) is 37.5 Å². The van der Waals surface area contributed by atoms with Crippen molar-refractivity contribution in [3.63, 3.8) is 0 Å². The molecule has 1 aromatic rings. The number of carboxylic acids is 1. The van der Waals surface area contributed by atoms with Gasteiger partial charge < -0.3 is 5.11 Å². The molecule has 2 rings (SSSR count).